The van der Waals surface area contributed by atoms with Crippen molar-refractivity contribution >= 4 is 48.3 Å². The van der Waals surface area contributed by atoms with E-state index in [4.69, 9.17) is 11.5 Å². The molecule has 1 amide bonds. The van der Waals surface area contributed by atoms with Crippen LogP contribution in [0.25, 0.3) is 10.8 Å². The largest absolute Gasteiger partial charge is 0.399 e. The van der Waals surface area contributed by atoms with Crippen molar-refractivity contribution in [3.8, 4) is 0 Å². The predicted molar refractivity (Wildman–Crippen MR) is 110 cm³/mol. The molecule has 3 rings (SSSR count). The fourth-order valence-corrected chi connectivity index (χ4v) is 4.38. The molecule has 0 saturated carbocycles. The Morgan fingerprint density at radius 1 is 0.900 bits per heavy atom. The second-order valence-corrected chi connectivity index (χ2v) is 9.20. The normalized spacial score (nSPS) is 12.1. The summed E-state index contributed by atoms with van der Waals surface area (Å²) in [6, 6.07) is 10.8. The highest BCUT2D eigenvalue weighted by molar-refractivity contribution is 7.86. The number of fused-ring (bicyclic) bond motifs is 1. The summed E-state index contributed by atoms with van der Waals surface area (Å²) in [6.45, 7) is -0.220. The van der Waals surface area contributed by atoms with E-state index in [1.54, 1.807) is 12.1 Å². The molecule has 0 spiro atoms. The first-order valence-electron chi connectivity index (χ1n) is 8.32. The highest BCUT2D eigenvalue weighted by atomic mass is 32.2. The molecule has 7 N–H and O–H groups in total. The third kappa shape index (κ3) is 4.36. The van der Waals surface area contributed by atoms with Crippen LogP contribution in [-0.2, 0) is 26.8 Å². The van der Waals surface area contributed by atoms with Crippen LogP contribution in [-0.4, -0.2) is 31.8 Å². The summed E-state index contributed by atoms with van der Waals surface area (Å²) < 4.78 is 66.0. The Morgan fingerprint density at radius 2 is 1.60 bits per heavy atom. The fraction of sp³-hybridized carbons (Fsp3) is 0.0556. The Morgan fingerprint density at radius 3 is 2.20 bits per heavy atom. The minimum atomic E-state index is -4.82. The number of benzene rings is 3. The van der Waals surface area contributed by atoms with Gasteiger partial charge in [0.2, 0.25) is 0 Å². The molecule has 0 aromatic heterocycles. The van der Waals surface area contributed by atoms with Gasteiger partial charge in [-0.15, -0.1) is 0 Å². The van der Waals surface area contributed by atoms with Crippen LogP contribution in [0.5, 0.6) is 0 Å². The Hall–Kier alpha value is -3.19. The summed E-state index contributed by atoms with van der Waals surface area (Å²) in [6.07, 6.45) is 0. The second kappa shape index (κ2) is 7.57. The SMILES string of the molecule is Nc1cccc(C(=O)NCc2cc(S(=O)(=O)O)cc3c(S(=O)(=O)O)c(N)ccc23)c1. The van der Waals surface area contributed by atoms with Crippen molar-refractivity contribution in [2.24, 2.45) is 0 Å². The van der Waals surface area contributed by atoms with Gasteiger partial charge in [-0.2, -0.15) is 16.8 Å². The maximum atomic E-state index is 12.4. The van der Waals surface area contributed by atoms with E-state index >= 15 is 0 Å². The van der Waals surface area contributed by atoms with E-state index in [2.05, 4.69) is 5.32 Å². The quantitative estimate of drug-likeness (QED) is 0.282. The highest BCUT2D eigenvalue weighted by Crippen LogP contribution is 2.33. The van der Waals surface area contributed by atoms with Crippen molar-refractivity contribution in [1.82, 2.24) is 5.32 Å². The topological polar surface area (TPSA) is 190 Å². The molecule has 0 heterocycles. The van der Waals surface area contributed by atoms with Gasteiger partial charge < -0.3 is 16.8 Å². The molecule has 0 radical (unpaired) electrons. The van der Waals surface area contributed by atoms with E-state index in [0.717, 1.165) is 12.1 Å². The molecule has 0 aliphatic heterocycles. The van der Waals surface area contributed by atoms with E-state index in [1.807, 2.05) is 0 Å². The maximum absolute atomic E-state index is 12.4. The highest BCUT2D eigenvalue weighted by Gasteiger charge is 2.22. The lowest BCUT2D eigenvalue weighted by molar-refractivity contribution is 0.0951. The summed E-state index contributed by atoms with van der Waals surface area (Å²) >= 11 is 0. The van der Waals surface area contributed by atoms with Crippen LogP contribution < -0.4 is 16.8 Å². The van der Waals surface area contributed by atoms with Crippen LogP contribution in [0.1, 0.15) is 15.9 Å². The van der Waals surface area contributed by atoms with Gasteiger partial charge >= 0.3 is 0 Å². The van der Waals surface area contributed by atoms with Crippen molar-refractivity contribution in [3.63, 3.8) is 0 Å². The number of nitrogen functional groups attached to an aromatic ring is 2. The Bertz CT molecular complexity index is 1380. The van der Waals surface area contributed by atoms with Crippen LogP contribution >= 0.6 is 0 Å². The number of hydrogen-bond donors (Lipinski definition) is 5. The van der Waals surface area contributed by atoms with E-state index in [9.17, 15) is 30.7 Å². The first-order chi connectivity index (χ1) is 13.9. The molecule has 3 aromatic carbocycles. The van der Waals surface area contributed by atoms with Gasteiger partial charge in [-0.25, -0.2) is 0 Å². The van der Waals surface area contributed by atoms with E-state index < -0.39 is 35.9 Å². The lowest BCUT2D eigenvalue weighted by atomic mass is 10.0. The van der Waals surface area contributed by atoms with E-state index in [-0.39, 0.29) is 34.1 Å². The smallest absolute Gasteiger partial charge is 0.297 e. The molecule has 0 atom stereocenters. The van der Waals surface area contributed by atoms with Crippen LogP contribution in [0.3, 0.4) is 0 Å². The molecule has 0 saturated heterocycles. The van der Waals surface area contributed by atoms with Gasteiger partial charge in [-0.3, -0.25) is 13.9 Å². The summed E-state index contributed by atoms with van der Waals surface area (Å²) in [5.41, 5.74) is 11.8. The average Bonchev–Trinajstić information content (AvgIpc) is 2.63. The first-order valence-corrected chi connectivity index (χ1v) is 11.2. The standard InChI is InChI=1S/C18H17N3O7S2/c19-12-3-1-2-10(6-12)18(22)21-9-11-7-13(29(23,24)25)8-15-14(11)4-5-16(20)17(15)30(26,27)28/h1-8H,9,19-20H2,(H,21,22)(H,23,24,25)(H,26,27,28). The molecule has 0 bridgehead atoms. The van der Waals surface area contributed by atoms with Gasteiger partial charge in [0.05, 0.1) is 10.6 Å². The third-order valence-electron chi connectivity index (χ3n) is 4.32. The number of carbonyl (C=O) groups excluding carboxylic acids is 1. The molecule has 3 aromatic rings. The van der Waals surface area contributed by atoms with Gasteiger partial charge in [0.25, 0.3) is 26.1 Å². The number of hydrogen-bond acceptors (Lipinski definition) is 7. The Kier molecular flexibility index (Phi) is 5.43. The zero-order chi connectivity index (χ0) is 22.3. The summed E-state index contributed by atoms with van der Waals surface area (Å²) in [5, 5.41) is 2.56. The van der Waals surface area contributed by atoms with Crippen molar-refractivity contribution in [2.45, 2.75) is 16.3 Å². The average molecular weight is 451 g/mol. The van der Waals surface area contributed by atoms with Gasteiger partial charge in [-0.1, -0.05) is 12.1 Å². The number of nitrogens with two attached hydrogens (primary N) is 2. The minimum absolute atomic E-state index is 0.169. The fourth-order valence-electron chi connectivity index (χ4n) is 3.01. The molecule has 0 aliphatic rings. The van der Waals surface area contributed by atoms with Crippen molar-refractivity contribution in [3.05, 3.63) is 59.7 Å². The van der Waals surface area contributed by atoms with Crippen LogP contribution in [0, 0.1) is 0 Å². The van der Waals surface area contributed by atoms with E-state index in [1.165, 1.54) is 24.3 Å². The van der Waals surface area contributed by atoms with Gasteiger partial charge in [0.15, 0.2) is 0 Å². The Labute approximate surface area is 172 Å². The van der Waals surface area contributed by atoms with E-state index in [0.29, 0.717) is 5.69 Å². The van der Waals surface area contributed by atoms with Gasteiger partial charge in [0.1, 0.15) is 4.90 Å². The van der Waals surface area contributed by atoms with Gasteiger partial charge in [-0.05, 0) is 47.3 Å². The lowest BCUT2D eigenvalue weighted by Gasteiger charge is -2.14. The minimum Gasteiger partial charge on any atom is -0.399 e. The zero-order valence-corrected chi connectivity index (χ0v) is 16.9. The molecular weight excluding hydrogens is 434 g/mol. The predicted octanol–water partition coefficient (Wildman–Crippen LogP) is 1.43. The summed E-state index contributed by atoms with van der Waals surface area (Å²) in [4.78, 5) is 11.1. The summed E-state index contributed by atoms with van der Waals surface area (Å²) in [7, 11) is -9.56. The molecule has 0 unspecified atom stereocenters. The number of anilines is 2. The number of nitrogens with one attached hydrogen (secondary N) is 1. The molecule has 30 heavy (non-hydrogen) atoms. The van der Waals surface area contributed by atoms with Crippen LogP contribution in [0.15, 0.2) is 58.3 Å². The number of carbonyl (C=O) groups is 1. The van der Waals surface area contributed by atoms with Crippen LogP contribution in [0.4, 0.5) is 11.4 Å². The molecule has 158 valence electrons. The van der Waals surface area contributed by atoms with Crippen molar-refractivity contribution in [1.29, 1.82) is 0 Å². The number of amides is 1. The third-order valence-corrected chi connectivity index (χ3v) is 6.12. The molecule has 12 heteroatoms. The molecule has 10 nitrogen and oxygen atoms in total. The maximum Gasteiger partial charge on any atom is 0.297 e. The Balaban J connectivity index is 2.15. The molecule has 0 aliphatic carbocycles. The number of rotatable bonds is 5. The van der Waals surface area contributed by atoms with Crippen LogP contribution in [0.2, 0.25) is 0 Å². The molecule has 0 fully saturated rings. The monoisotopic (exact) mass is 451 g/mol. The molecular formula is C18H17N3O7S2. The summed E-state index contributed by atoms with van der Waals surface area (Å²) in [5.74, 6) is -0.516. The lowest BCUT2D eigenvalue weighted by Crippen LogP contribution is -2.23. The zero-order valence-electron chi connectivity index (χ0n) is 15.2. The first kappa shape index (κ1) is 21.5. The van der Waals surface area contributed by atoms with Crippen molar-refractivity contribution in [2.75, 3.05) is 11.5 Å². The van der Waals surface area contributed by atoms with Gasteiger partial charge in [0, 0.05) is 23.2 Å². The van der Waals surface area contributed by atoms with Crippen molar-refractivity contribution < 1.29 is 30.7 Å². The second-order valence-electron chi connectivity index (χ2n) is 6.42.